The van der Waals surface area contributed by atoms with Gasteiger partial charge in [-0.15, -0.1) is 0 Å². The molecule has 0 saturated carbocycles. The summed E-state index contributed by atoms with van der Waals surface area (Å²) in [5.74, 6) is -0.267. The molecule has 0 aliphatic rings. The molecule has 2 heterocycles. The van der Waals surface area contributed by atoms with Crippen molar-refractivity contribution in [3.8, 4) is 0 Å². The highest BCUT2D eigenvalue weighted by Crippen LogP contribution is 2.34. The molecule has 0 saturated heterocycles. The SMILES string of the molecule is CCN(CC)S(=O)(=O)c1ccc(C(=O)N(CCn2nc(C)cc2C)c2nc3c(C)c(Cl)ccc3s2)cc1. The number of halogens is 1. The van der Waals surface area contributed by atoms with E-state index in [0.717, 1.165) is 27.2 Å². The van der Waals surface area contributed by atoms with Gasteiger partial charge in [-0.25, -0.2) is 13.4 Å². The number of rotatable bonds is 9. The lowest BCUT2D eigenvalue weighted by Crippen LogP contribution is -2.34. The second-order valence-corrected chi connectivity index (χ2v) is 12.1. The van der Waals surface area contributed by atoms with Gasteiger partial charge >= 0.3 is 0 Å². The number of fused-ring (bicyclic) bond motifs is 1. The number of aromatic nitrogens is 3. The Kier molecular flexibility index (Phi) is 8.03. The Morgan fingerprint density at radius 3 is 2.32 bits per heavy atom. The second kappa shape index (κ2) is 10.9. The zero-order valence-corrected chi connectivity index (χ0v) is 23.9. The van der Waals surface area contributed by atoms with Gasteiger partial charge < -0.3 is 0 Å². The number of anilines is 1. The summed E-state index contributed by atoms with van der Waals surface area (Å²) in [7, 11) is -3.62. The summed E-state index contributed by atoms with van der Waals surface area (Å²) in [5, 5.41) is 5.69. The Hall–Kier alpha value is -2.79. The van der Waals surface area contributed by atoms with Crippen LogP contribution in [-0.4, -0.2) is 53.0 Å². The van der Waals surface area contributed by atoms with Gasteiger partial charge in [-0.1, -0.05) is 36.8 Å². The quantitative estimate of drug-likeness (QED) is 0.272. The maximum atomic E-state index is 13.8. The zero-order chi connectivity index (χ0) is 26.9. The predicted octanol–water partition coefficient (Wildman–Crippen LogP) is 5.45. The molecule has 37 heavy (non-hydrogen) atoms. The number of carbonyl (C=O) groups is 1. The molecule has 0 radical (unpaired) electrons. The first-order chi connectivity index (χ1) is 17.6. The first kappa shape index (κ1) is 27.3. The molecule has 1 amide bonds. The minimum atomic E-state index is -3.62. The van der Waals surface area contributed by atoms with Crippen LogP contribution in [0, 0.1) is 20.8 Å². The van der Waals surface area contributed by atoms with Crippen molar-refractivity contribution in [1.82, 2.24) is 19.1 Å². The molecule has 4 rings (SSSR count). The molecule has 0 spiro atoms. The second-order valence-electron chi connectivity index (χ2n) is 8.74. The third-order valence-electron chi connectivity index (χ3n) is 6.30. The summed E-state index contributed by atoms with van der Waals surface area (Å²) < 4.78 is 30.0. The highest BCUT2D eigenvalue weighted by atomic mass is 35.5. The Morgan fingerprint density at radius 1 is 1.05 bits per heavy atom. The smallest absolute Gasteiger partial charge is 0.260 e. The summed E-state index contributed by atoms with van der Waals surface area (Å²) in [5.41, 5.74) is 3.91. The van der Waals surface area contributed by atoms with Crippen molar-refractivity contribution in [1.29, 1.82) is 0 Å². The molecule has 11 heteroatoms. The Labute approximate surface area is 226 Å². The summed E-state index contributed by atoms with van der Waals surface area (Å²) >= 11 is 7.73. The van der Waals surface area contributed by atoms with E-state index in [1.165, 1.54) is 27.8 Å². The van der Waals surface area contributed by atoms with Crippen molar-refractivity contribution in [2.75, 3.05) is 24.5 Å². The van der Waals surface area contributed by atoms with Crippen LogP contribution in [0.3, 0.4) is 0 Å². The monoisotopic (exact) mass is 559 g/mol. The maximum Gasteiger partial charge on any atom is 0.260 e. The standard InChI is InChI=1S/C26H30ClN5O3S2/c1-6-30(7-2)37(34,35)21-10-8-20(9-11-21)25(33)31(14-15-32-18(4)16-17(3)29-32)26-28-24-19(5)22(27)12-13-23(24)36-26/h8-13,16H,6-7,14-15H2,1-5H3. The lowest BCUT2D eigenvalue weighted by molar-refractivity contribution is 0.0985. The molecule has 196 valence electrons. The molecular formula is C26H30ClN5O3S2. The van der Waals surface area contributed by atoms with Crippen molar-refractivity contribution in [3.63, 3.8) is 0 Å². The van der Waals surface area contributed by atoms with Crippen LogP contribution < -0.4 is 4.90 Å². The third-order valence-corrected chi connectivity index (χ3v) is 9.81. The van der Waals surface area contributed by atoms with Gasteiger partial charge in [0.15, 0.2) is 5.13 Å². The Balaban J connectivity index is 1.70. The van der Waals surface area contributed by atoms with E-state index in [1.807, 2.05) is 43.7 Å². The van der Waals surface area contributed by atoms with Gasteiger partial charge in [-0.2, -0.15) is 9.40 Å². The number of carbonyl (C=O) groups excluding carboxylic acids is 1. The zero-order valence-electron chi connectivity index (χ0n) is 21.5. The number of amides is 1. The van der Waals surface area contributed by atoms with Crippen LogP contribution >= 0.6 is 22.9 Å². The van der Waals surface area contributed by atoms with Crippen molar-refractivity contribution >= 4 is 54.2 Å². The normalized spacial score (nSPS) is 12.0. The molecule has 8 nitrogen and oxygen atoms in total. The molecule has 0 N–H and O–H groups in total. The van der Waals surface area contributed by atoms with Crippen molar-refractivity contribution in [2.45, 2.75) is 46.1 Å². The van der Waals surface area contributed by atoms with Gasteiger partial charge in [0.2, 0.25) is 10.0 Å². The van der Waals surface area contributed by atoms with Crippen molar-refractivity contribution in [3.05, 3.63) is 70.0 Å². The van der Waals surface area contributed by atoms with E-state index in [4.69, 9.17) is 16.6 Å². The average molecular weight is 560 g/mol. The largest absolute Gasteiger partial charge is 0.282 e. The fourth-order valence-corrected chi connectivity index (χ4v) is 6.88. The van der Waals surface area contributed by atoms with Crippen molar-refractivity contribution < 1.29 is 13.2 Å². The molecule has 4 aromatic rings. The fraction of sp³-hybridized carbons (Fsp3) is 0.346. The van der Waals surface area contributed by atoms with Gasteiger partial charge in [0.25, 0.3) is 5.91 Å². The van der Waals surface area contributed by atoms with E-state index in [9.17, 15) is 13.2 Å². The molecule has 0 unspecified atom stereocenters. The lowest BCUT2D eigenvalue weighted by Gasteiger charge is -2.21. The van der Waals surface area contributed by atoms with E-state index >= 15 is 0 Å². The van der Waals surface area contributed by atoms with Gasteiger partial charge in [0, 0.05) is 35.9 Å². The predicted molar refractivity (Wildman–Crippen MR) is 149 cm³/mol. The summed E-state index contributed by atoms with van der Waals surface area (Å²) in [4.78, 5) is 20.3. The van der Waals surface area contributed by atoms with Gasteiger partial charge in [-0.05, 0) is 68.8 Å². The fourth-order valence-electron chi connectivity index (χ4n) is 4.22. The van der Waals surface area contributed by atoms with E-state index in [-0.39, 0.29) is 10.8 Å². The lowest BCUT2D eigenvalue weighted by atomic mass is 10.2. The molecule has 0 atom stereocenters. The van der Waals surface area contributed by atoms with Crippen LogP contribution in [0.4, 0.5) is 5.13 Å². The molecular weight excluding hydrogens is 530 g/mol. The first-order valence-electron chi connectivity index (χ1n) is 12.1. The first-order valence-corrected chi connectivity index (χ1v) is 14.7. The van der Waals surface area contributed by atoms with E-state index in [1.54, 1.807) is 30.9 Å². The molecule has 2 aromatic heterocycles. The number of benzene rings is 2. The van der Waals surface area contributed by atoms with Crippen LogP contribution in [0.2, 0.25) is 5.02 Å². The van der Waals surface area contributed by atoms with Crippen LogP contribution in [0.5, 0.6) is 0 Å². The molecule has 2 aromatic carbocycles. The van der Waals surface area contributed by atoms with E-state index in [0.29, 0.717) is 41.9 Å². The van der Waals surface area contributed by atoms with Gasteiger partial charge in [0.05, 0.1) is 27.4 Å². The number of hydrogen-bond donors (Lipinski definition) is 0. The van der Waals surface area contributed by atoms with Crippen molar-refractivity contribution in [2.24, 2.45) is 0 Å². The van der Waals surface area contributed by atoms with E-state index < -0.39 is 10.0 Å². The van der Waals surface area contributed by atoms with Crippen LogP contribution in [0.1, 0.15) is 41.2 Å². The van der Waals surface area contributed by atoms with E-state index in [2.05, 4.69) is 5.10 Å². The van der Waals surface area contributed by atoms with Gasteiger partial charge in [-0.3, -0.25) is 14.4 Å². The number of sulfonamides is 1. The number of thiazole rings is 1. The highest BCUT2D eigenvalue weighted by molar-refractivity contribution is 7.89. The Bertz CT molecular complexity index is 1540. The molecule has 0 fully saturated rings. The summed E-state index contributed by atoms with van der Waals surface area (Å²) in [6.07, 6.45) is 0. The average Bonchev–Trinajstić information content (AvgIpc) is 3.44. The van der Waals surface area contributed by atoms with Crippen LogP contribution in [0.15, 0.2) is 47.4 Å². The molecule has 0 aliphatic carbocycles. The Morgan fingerprint density at radius 2 is 1.73 bits per heavy atom. The number of nitrogens with zero attached hydrogens (tertiary/aromatic N) is 5. The summed E-state index contributed by atoms with van der Waals surface area (Å²) in [6, 6.07) is 11.8. The number of hydrogen-bond acceptors (Lipinski definition) is 6. The highest BCUT2D eigenvalue weighted by Gasteiger charge is 2.25. The van der Waals surface area contributed by atoms with Gasteiger partial charge in [0.1, 0.15) is 0 Å². The number of aryl methyl sites for hydroxylation is 3. The third kappa shape index (κ3) is 5.43. The maximum absolute atomic E-state index is 13.8. The summed E-state index contributed by atoms with van der Waals surface area (Å²) in [6.45, 7) is 11.0. The topological polar surface area (TPSA) is 88.4 Å². The minimum Gasteiger partial charge on any atom is -0.282 e. The minimum absolute atomic E-state index is 0.159. The molecule has 0 bridgehead atoms. The molecule has 0 aliphatic heterocycles. The van der Waals surface area contributed by atoms with Crippen LogP contribution in [-0.2, 0) is 16.6 Å². The van der Waals surface area contributed by atoms with Crippen LogP contribution in [0.25, 0.3) is 10.2 Å².